The Morgan fingerprint density at radius 1 is 1.00 bits per heavy atom. The molecule has 0 bridgehead atoms. The van der Waals surface area contributed by atoms with Gasteiger partial charge in [-0.25, -0.2) is 4.21 Å². The van der Waals surface area contributed by atoms with E-state index in [1.807, 2.05) is 6.08 Å². The summed E-state index contributed by atoms with van der Waals surface area (Å²) in [6.07, 6.45) is 1.93. The van der Waals surface area contributed by atoms with Crippen LogP contribution in [0.25, 0.3) is 26.6 Å². The average Bonchev–Trinajstić information content (AvgIpc) is 3.02. The van der Waals surface area contributed by atoms with E-state index < -0.39 is 10.8 Å². The highest BCUT2D eigenvalue weighted by Gasteiger charge is 2.14. The Balaban J connectivity index is 1.89. The number of hydrogen-bond donors (Lipinski definition) is 0. The first-order valence-electron chi connectivity index (χ1n) is 6.03. The summed E-state index contributed by atoms with van der Waals surface area (Å²) in [5.41, 5.74) is 2.22. The number of rotatable bonds is 1. The Hall–Kier alpha value is -1.71. The van der Waals surface area contributed by atoms with Crippen LogP contribution in [0.1, 0.15) is 5.56 Å². The molecule has 0 aliphatic carbocycles. The van der Waals surface area contributed by atoms with Crippen molar-refractivity contribution in [2.45, 2.75) is 4.90 Å². The largest absolute Gasteiger partial charge is 0.250 e. The van der Waals surface area contributed by atoms with Gasteiger partial charge in [-0.1, -0.05) is 30.3 Å². The Morgan fingerprint density at radius 2 is 1.89 bits per heavy atom. The Morgan fingerprint density at radius 3 is 2.79 bits per heavy atom. The second kappa shape index (κ2) is 4.15. The summed E-state index contributed by atoms with van der Waals surface area (Å²) in [5, 5.41) is 3.02. The zero-order chi connectivity index (χ0) is 12.8. The van der Waals surface area contributed by atoms with E-state index >= 15 is 0 Å². The maximum atomic E-state index is 11.8. The van der Waals surface area contributed by atoms with Gasteiger partial charge in [0.15, 0.2) is 0 Å². The van der Waals surface area contributed by atoms with Crippen LogP contribution < -0.4 is 0 Å². The highest BCUT2D eigenvalue weighted by atomic mass is 32.2. The van der Waals surface area contributed by atoms with Crippen LogP contribution >= 0.6 is 11.3 Å². The third-order valence-corrected chi connectivity index (χ3v) is 5.65. The van der Waals surface area contributed by atoms with Gasteiger partial charge in [0.1, 0.15) is 0 Å². The first kappa shape index (κ1) is 11.1. The van der Waals surface area contributed by atoms with Crippen LogP contribution in [0.5, 0.6) is 0 Å². The van der Waals surface area contributed by atoms with E-state index in [1.165, 1.54) is 15.0 Å². The molecule has 0 N–H and O–H groups in total. The summed E-state index contributed by atoms with van der Waals surface area (Å²) in [7, 11) is -0.976. The molecule has 0 fully saturated rings. The summed E-state index contributed by atoms with van der Waals surface area (Å²) >= 11 is 1.78. The number of hydrogen-bond acceptors (Lipinski definition) is 2. The first-order chi connectivity index (χ1) is 9.31. The van der Waals surface area contributed by atoms with Crippen molar-refractivity contribution in [1.82, 2.24) is 0 Å². The van der Waals surface area contributed by atoms with Crippen molar-refractivity contribution in [3.05, 3.63) is 59.5 Å². The monoisotopic (exact) mass is 282 g/mol. The van der Waals surface area contributed by atoms with Gasteiger partial charge in [0.25, 0.3) is 0 Å². The highest BCUT2D eigenvalue weighted by Crippen LogP contribution is 2.36. The molecular formula is C16H10OS2. The van der Waals surface area contributed by atoms with Gasteiger partial charge < -0.3 is 0 Å². The summed E-state index contributed by atoms with van der Waals surface area (Å²) in [5.74, 6) is 0. The minimum absolute atomic E-state index is 0.926. The third-order valence-electron chi connectivity index (χ3n) is 3.31. The van der Waals surface area contributed by atoms with E-state index in [4.69, 9.17) is 0 Å². The SMILES string of the molecule is O=S1C=Cc2ccc(-c3cc4ccccc4s3)cc21. The van der Waals surface area contributed by atoms with E-state index in [1.54, 1.807) is 16.7 Å². The molecule has 1 unspecified atom stereocenters. The molecule has 0 amide bonds. The van der Waals surface area contributed by atoms with Crippen molar-refractivity contribution < 1.29 is 4.21 Å². The zero-order valence-corrected chi connectivity index (χ0v) is 11.6. The highest BCUT2D eigenvalue weighted by molar-refractivity contribution is 7.88. The normalized spacial score (nSPS) is 16.9. The van der Waals surface area contributed by atoms with Gasteiger partial charge in [-0.05, 0) is 40.8 Å². The molecule has 1 atom stereocenters. The minimum Gasteiger partial charge on any atom is -0.250 e. The lowest BCUT2D eigenvalue weighted by molar-refractivity contribution is 0.689. The summed E-state index contributed by atoms with van der Waals surface area (Å²) in [6.45, 7) is 0. The lowest BCUT2D eigenvalue weighted by Crippen LogP contribution is -1.85. The molecule has 19 heavy (non-hydrogen) atoms. The Kier molecular flexibility index (Phi) is 2.43. The second-order valence-electron chi connectivity index (χ2n) is 4.50. The predicted octanol–water partition coefficient (Wildman–Crippen LogP) is 4.66. The molecule has 92 valence electrons. The van der Waals surface area contributed by atoms with Gasteiger partial charge in [0, 0.05) is 15.0 Å². The maximum absolute atomic E-state index is 11.8. The van der Waals surface area contributed by atoms with Crippen molar-refractivity contribution in [2.24, 2.45) is 0 Å². The minimum atomic E-state index is -0.976. The molecule has 3 aromatic rings. The second-order valence-corrected chi connectivity index (χ2v) is 6.89. The smallest absolute Gasteiger partial charge is 0.0782 e. The quantitative estimate of drug-likeness (QED) is 0.634. The topological polar surface area (TPSA) is 17.1 Å². The molecule has 1 nitrogen and oxygen atoms in total. The third kappa shape index (κ3) is 1.78. The van der Waals surface area contributed by atoms with Crippen LogP contribution in [0.15, 0.2) is 58.8 Å². The average molecular weight is 282 g/mol. The van der Waals surface area contributed by atoms with Crippen LogP contribution in [0.2, 0.25) is 0 Å². The number of fused-ring (bicyclic) bond motifs is 2. The van der Waals surface area contributed by atoms with Gasteiger partial charge in [-0.2, -0.15) is 0 Å². The molecule has 4 rings (SSSR count). The van der Waals surface area contributed by atoms with Gasteiger partial charge in [0.05, 0.1) is 15.7 Å². The van der Waals surface area contributed by atoms with Crippen LogP contribution in [0.4, 0.5) is 0 Å². The van der Waals surface area contributed by atoms with E-state index in [2.05, 4.69) is 48.5 Å². The van der Waals surface area contributed by atoms with E-state index in [-0.39, 0.29) is 0 Å². The molecule has 1 aliphatic heterocycles. The van der Waals surface area contributed by atoms with E-state index in [9.17, 15) is 4.21 Å². The van der Waals surface area contributed by atoms with Gasteiger partial charge in [-0.3, -0.25) is 0 Å². The molecular weight excluding hydrogens is 272 g/mol. The standard InChI is InChI=1S/C16H10OS2/c17-19-8-7-11-5-6-13(10-16(11)19)15-9-12-3-1-2-4-14(12)18-15/h1-10H. The Labute approximate surface area is 117 Å². The molecule has 0 saturated carbocycles. The molecule has 2 aromatic carbocycles. The molecule has 0 radical (unpaired) electrons. The lowest BCUT2D eigenvalue weighted by atomic mass is 10.1. The van der Waals surface area contributed by atoms with Crippen LogP contribution in [0, 0.1) is 0 Å². The van der Waals surface area contributed by atoms with Crippen molar-refractivity contribution in [3.63, 3.8) is 0 Å². The van der Waals surface area contributed by atoms with Crippen molar-refractivity contribution in [1.29, 1.82) is 0 Å². The van der Waals surface area contributed by atoms with Crippen LogP contribution in [-0.4, -0.2) is 4.21 Å². The summed E-state index contributed by atoms with van der Waals surface area (Å²) in [6, 6.07) is 16.8. The van der Waals surface area contributed by atoms with Crippen molar-refractivity contribution in [3.8, 4) is 10.4 Å². The maximum Gasteiger partial charge on any atom is 0.0782 e. The van der Waals surface area contributed by atoms with E-state index in [0.717, 1.165) is 16.0 Å². The van der Waals surface area contributed by atoms with E-state index in [0.29, 0.717) is 0 Å². The van der Waals surface area contributed by atoms with Crippen molar-refractivity contribution >= 4 is 38.3 Å². The summed E-state index contributed by atoms with van der Waals surface area (Å²) in [4.78, 5) is 2.16. The van der Waals surface area contributed by atoms with Crippen molar-refractivity contribution in [2.75, 3.05) is 0 Å². The molecule has 0 saturated heterocycles. The van der Waals surface area contributed by atoms with Gasteiger partial charge in [-0.15, -0.1) is 11.3 Å². The fourth-order valence-corrected chi connectivity index (χ4v) is 4.42. The fraction of sp³-hybridized carbons (Fsp3) is 0. The lowest BCUT2D eigenvalue weighted by Gasteiger charge is -2.01. The number of benzene rings is 2. The Bertz CT molecular complexity index is 810. The molecule has 1 aromatic heterocycles. The fourth-order valence-electron chi connectivity index (χ4n) is 2.33. The van der Waals surface area contributed by atoms with Crippen LogP contribution in [-0.2, 0) is 10.8 Å². The first-order valence-corrected chi connectivity index (χ1v) is 8.06. The molecule has 0 spiro atoms. The van der Waals surface area contributed by atoms with Gasteiger partial charge >= 0.3 is 0 Å². The molecule has 2 heterocycles. The number of thiophene rings is 1. The van der Waals surface area contributed by atoms with Gasteiger partial charge in [0.2, 0.25) is 0 Å². The zero-order valence-electron chi connectivity index (χ0n) is 10.00. The summed E-state index contributed by atoms with van der Waals surface area (Å²) < 4.78 is 13.1. The van der Waals surface area contributed by atoms with Crippen LogP contribution in [0.3, 0.4) is 0 Å². The molecule has 1 aliphatic rings. The predicted molar refractivity (Wildman–Crippen MR) is 82.7 cm³/mol. The molecule has 3 heteroatoms.